The lowest BCUT2D eigenvalue weighted by atomic mass is 9.93. The predicted molar refractivity (Wildman–Crippen MR) is 124 cm³/mol. The maximum Gasteiger partial charge on any atom is 0.293 e. The van der Waals surface area contributed by atoms with E-state index in [-0.39, 0.29) is 29.3 Å². The molecule has 3 aromatic rings. The van der Waals surface area contributed by atoms with Crippen molar-refractivity contribution in [2.24, 2.45) is 0 Å². The zero-order valence-corrected chi connectivity index (χ0v) is 18.6. The molecular formula is C25H26N2O6. The van der Waals surface area contributed by atoms with E-state index in [1.807, 2.05) is 0 Å². The smallest absolute Gasteiger partial charge is 0.293 e. The van der Waals surface area contributed by atoms with Crippen molar-refractivity contribution in [2.45, 2.75) is 38.1 Å². The molecule has 0 aliphatic heterocycles. The van der Waals surface area contributed by atoms with Gasteiger partial charge in [0.05, 0.1) is 30.3 Å². The van der Waals surface area contributed by atoms with Crippen molar-refractivity contribution in [3.63, 3.8) is 0 Å². The van der Waals surface area contributed by atoms with Crippen LogP contribution in [0.15, 0.2) is 52.9 Å². The Kier molecular flexibility index (Phi) is 6.63. The molecule has 172 valence electrons. The third kappa shape index (κ3) is 4.55. The second kappa shape index (κ2) is 9.77. The number of hydrogen-bond donors (Lipinski definition) is 1. The van der Waals surface area contributed by atoms with E-state index < -0.39 is 4.92 Å². The number of nitrogens with zero attached hydrogens (tertiary/aromatic N) is 1. The summed E-state index contributed by atoms with van der Waals surface area (Å²) in [7, 11) is 2.98. The van der Waals surface area contributed by atoms with Crippen molar-refractivity contribution in [3.05, 3.63) is 64.4 Å². The summed E-state index contributed by atoms with van der Waals surface area (Å²) in [4.78, 5) is 24.7. The number of amides is 1. The van der Waals surface area contributed by atoms with Crippen LogP contribution < -0.4 is 14.8 Å². The molecule has 0 saturated heterocycles. The van der Waals surface area contributed by atoms with Gasteiger partial charge in [-0.05, 0) is 36.6 Å². The third-order valence-corrected chi connectivity index (χ3v) is 5.96. The van der Waals surface area contributed by atoms with Crippen molar-refractivity contribution < 1.29 is 23.6 Å². The summed E-state index contributed by atoms with van der Waals surface area (Å²) in [5.74, 6) is 0.394. The van der Waals surface area contributed by atoms with Crippen LogP contribution in [0.3, 0.4) is 0 Å². The average Bonchev–Trinajstić information content (AvgIpc) is 3.24. The average molecular weight is 450 g/mol. The highest BCUT2D eigenvalue weighted by molar-refractivity contribution is 6.05. The Labute approximate surface area is 191 Å². The van der Waals surface area contributed by atoms with Gasteiger partial charge in [-0.3, -0.25) is 14.9 Å². The Hall–Kier alpha value is -3.81. The van der Waals surface area contributed by atoms with Gasteiger partial charge in [-0.2, -0.15) is 0 Å². The van der Waals surface area contributed by atoms with Crippen LogP contribution in [0.25, 0.3) is 22.3 Å². The van der Waals surface area contributed by atoms with Gasteiger partial charge in [-0.1, -0.05) is 43.5 Å². The van der Waals surface area contributed by atoms with Crippen LogP contribution in [0.1, 0.15) is 42.7 Å². The molecule has 0 bridgehead atoms. The summed E-state index contributed by atoms with van der Waals surface area (Å²) in [5.41, 5.74) is 1.67. The Balaban J connectivity index is 1.90. The van der Waals surface area contributed by atoms with E-state index in [2.05, 4.69) is 5.32 Å². The van der Waals surface area contributed by atoms with Gasteiger partial charge in [0.1, 0.15) is 5.75 Å². The number of carbonyl (C=O) groups excluding carboxylic acids is 1. The highest BCUT2D eigenvalue weighted by Gasteiger charge is 2.32. The molecule has 33 heavy (non-hydrogen) atoms. The van der Waals surface area contributed by atoms with Gasteiger partial charge in [-0.25, -0.2) is 0 Å². The summed E-state index contributed by atoms with van der Waals surface area (Å²) in [6.45, 7) is 0. The Morgan fingerprint density at radius 2 is 1.70 bits per heavy atom. The van der Waals surface area contributed by atoms with Gasteiger partial charge in [0, 0.05) is 17.7 Å². The Morgan fingerprint density at radius 3 is 2.33 bits per heavy atom. The Bertz CT molecular complexity index is 1150. The van der Waals surface area contributed by atoms with Crippen molar-refractivity contribution in [3.8, 4) is 33.9 Å². The first-order chi connectivity index (χ1) is 16.0. The third-order valence-electron chi connectivity index (χ3n) is 5.96. The van der Waals surface area contributed by atoms with Crippen LogP contribution in [0.5, 0.6) is 11.7 Å². The molecule has 1 aromatic heterocycles. The van der Waals surface area contributed by atoms with Crippen LogP contribution in [-0.2, 0) is 0 Å². The number of para-hydroxylation sites is 1. The lowest BCUT2D eigenvalue weighted by Crippen LogP contribution is -2.36. The molecule has 0 spiro atoms. The van der Waals surface area contributed by atoms with Gasteiger partial charge in [0.15, 0.2) is 0 Å². The van der Waals surface area contributed by atoms with Gasteiger partial charge < -0.3 is 19.2 Å². The van der Waals surface area contributed by atoms with Crippen LogP contribution in [0.2, 0.25) is 0 Å². The SMILES string of the molecule is COc1ccc(-c2c(C(=O)NC3CCCCC3)oc(OC)c2-c2ccccc2[N+](=O)[O-])cc1. The van der Waals surface area contributed by atoms with Crippen molar-refractivity contribution in [2.75, 3.05) is 14.2 Å². The van der Waals surface area contributed by atoms with E-state index in [9.17, 15) is 14.9 Å². The van der Waals surface area contributed by atoms with E-state index >= 15 is 0 Å². The monoisotopic (exact) mass is 450 g/mol. The van der Waals surface area contributed by atoms with E-state index in [4.69, 9.17) is 13.9 Å². The molecule has 8 nitrogen and oxygen atoms in total. The molecule has 0 atom stereocenters. The molecule has 0 radical (unpaired) electrons. The number of furan rings is 1. The van der Waals surface area contributed by atoms with Crippen LogP contribution in [0.4, 0.5) is 5.69 Å². The molecule has 1 heterocycles. The maximum absolute atomic E-state index is 13.3. The topological polar surface area (TPSA) is 104 Å². The first kappa shape index (κ1) is 22.4. The van der Waals surface area contributed by atoms with Gasteiger partial charge in [0.25, 0.3) is 17.5 Å². The molecule has 2 aromatic carbocycles. The molecule has 1 aliphatic carbocycles. The molecule has 1 N–H and O–H groups in total. The van der Waals surface area contributed by atoms with Crippen LogP contribution in [0, 0.1) is 10.1 Å². The molecule has 0 unspecified atom stereocenters. The number of hydrogen-bond acceptors (Lipinski definition) is 6. The second-order valence-corrected chi connectivity index (χ2v) is 7.98. The summed E-state index contributed by atoms with van der Waals surface area (Å²) >= 11 is 0. The minimum absolute atomic E-state index is 0.0453. The van der Waals surface area contributed by atoms with E-state index in [0.29, 0.717) is 28.0 Å². The number of benzene rings is 2. The van der Waals surface area contributed by atoms with Gasteiger partial charge in [-0.15, -0.1) is 0 Å². The fraction of sp³-hybridized carbons (Fsp3) is 0.320. The quantitative estimate of drug-likeness (QED) is 0.371. The number of nitro groups is 1. The minimum atomic E-state index is -0.457. The summed E-state index contributed by atoms with van der Waals surface area (Å²) in [5, 5.41) is 14.8. The van der Waals surface area contributed by atoms with E-state index in [0.717, 1.165) is 25.7 Å². The first-order valence-electron chi connectivity index (χ1n) is 10.9. The van der Waals surface area contributed by atoms with Crippen LogP contribution in [-0.4, -0.2) is 31.1 Å². The van der Waals surface area contributed by atoms with Crippen LogP contribution >= 0.6 is 0 Å². The lowest BCUT2D eigenvalue weighted by Gasteiger charge is -2.22. The number of carbonyl (C=O) groups is 1. The fourth-order valence-electron chi connectivity index (χ4n) is 4.33. The standard InChI is InChI=1S/C25H26N2O6/c1-31-18-14-12-16(13-15-18)21-22(19-10-6-7-11-20(19)27(29)30)25(32-2)33-23(21)24(28)26-17-8-4-3-5-9-17/h6-7,10-15,17H,3-5,8-9H2,1-2H3,(H,26,28). The van der Waals surface area contributed by atoms with Gasteiger partial charge >= 0.3 is 0 Å². The maximum atomic E-state index is 13.3. The van der Waals surface area contributed by atoms with E-state index in [1.165, 1.54) is 19.6 Å². The summed E-state index contributed by atoms with van der Waals surface area (Å²) in [6.07, 6.45) is 5.13. The highest BCUT2D eigenvalue weighted by atomic mass is 16.6. The molecule has 1 saturated carbocycles. The fourth-order valence-corrected chi connectivity index (χ4v) is 4.33. The number of rotatable bonds is 7. The summed E-state index contributed by atoms with van der Waals surface area (Å²) in [6, 6.07) is 13.5. The van der Waals surface area contributed by atoms with Crippen molar-refractivity contribution >= 4 is 11.6 Å². The number of nitrogens with one attached hydrogen (secondary N) is 1. The molecule has 1 amide bonds. The zero-order chi connectivity index (χ0) is 23.4. The summed E-state index contributed by atoms with van der Waals surface area (Å²) < 4.78 is 16.6. The zero-order valence-electron chi connectivity index (χ0n) is 18.6. The number of nitro benzene ring substituents is 1. The predicted octanol–water partition coefficient (Wildman–Crippen LogP) is 5.60. The number of ether oxygens (including phenoxy) is 2. The second-order valence-electron chi connectivity index (χ2n) is 7.98. The minimum Gasteiger partial charge on any atom is -0.497 e. The molecule has 4 rings (SSSR count). The number of methoxy groups -OCH3 is 2. The first-order valence-corrected chi connectivity index (χ1v) is 10.9. The van der Waals surface area contributed by atoms with Crippen molar-refractivity contribution in [1.29, 1.82) is 0 Å². The largest absolute Gasteiger partial charge is 0.497 e. The van der Waals surface area contributed by atoms with Gasteiger partial charge in [0.2, 0.25) is 5.76 Å². The molecule has 1 aliphatic rings. The Morgan fingerprint density at radius 1 is 1.00 bits per heavy atom. The normalized spacial score (nSPS) is 14.0. The molecular weight excluding hydrogens is 424 g/mol. The highest BCUT2D eigenvalue weighted by Crippen LogP contribution is 2.47. The van der Waals surface area contributed by atoms with E-state index in [1.54, 1.807) is 49.6 Å². The van der Waals surface area contributed by atoms with Crippen molar-refractivity contribution in [1.82, 2.24) is 5.32 Å². The molecule has 8 heteroatoms. The molecule has 1 fully saturated rings. The lowest BCUT2D eigenvalue weighted by molar-refractivity contribution is -0.384.